The molecule has 1 aromatic heterocycles. The van der Waals surface area contributed by atoms with Gasteiger partial charge in [-0.1, -0.05) is 5.57 Å². The fourth-order valence-corrected chi connectivity index (χ4v) is 1.21. The normalized spacial score (nSPS) is 11.6. The highest BCUT2D eigenvalue weighted by atomic mass is 16.4. The van der Waals surface area contributed by atoms with Gasteiger partial charge in [0.2, 0.25) is 0 Å². The Hall–Kier alpha value is -1.51. The summed E-state index contributed by atoms with van der Waals surface area (Å²) in [6.45, 7) is 1.98. The van der Waals surface area contributed by atoms with Crippen LogP contribution in [0.5, 0.6) is 0 Å². The first-order valence-electron chi connectivity index (χ1n) is 4.61. The van der Waals surface area contributed by atoms with Gasteiger partial charge in [0.15, 0.2) is 0 Å². The number of furan rings is 1. The predicted molar refractivity (Wildman–Crippen MR) is 53.8 cm³/mol. The van der Waals surface area contributed by atoms with Gasteiger partial charge in [0.1, 0.15) is 5.76 Å². The molecule has 3 heteroatoms. The molecule has 0 atom stereocenters. The fourth-order valence-electron chi connectivity index (χ4n) is 1.21. The second-order valence-corrected chi connectivity index (χ2v) is 3.25. The van der Waals surface area contributed by atoms with Crippen molar-refractivity contribution in [2.75, 3.05) is 0 Å². The Morgan fingerprint density at radius 1 is 1.57 bits per heavy atom. The summed E-state index contributed by atoms with van der Waals surface area (Å²) in [6.07, 6.45) is 5.26. The Balaban J connectivity index is 2.35. The van der Waals surface area contributed by atoms with Crippen molar-refractivity contribution in [2.45, 2.75) is 26.2 Å². The lowest BCUT2D eigenvalue weighted by atomic mass is 10.1. The molecule has 1 heterocycles. The van der Waals surface area contributed by atoms with E-state index in [4.69, 9.17) is 9.52 Å². The maximum atomic E-state index is 10.3. The molecule has 0 fully saturated rings. The molecule has 0 aliphatic rings. The van der Waals surface area contributed by atoms with Gasteiger partial charge in [-0.05, 0) is 38.0 Å². The third-order valence-corrected chi connectivity index (χ3v) is 1.89. The molecule has 0 amide bonds. The average Bonchev–Trinajstić information content (AvgIpc) is 2.56. The molecule has 1 aromatic rings. The van der Waals surface area contributed by atoms with Gasteiger partial charge in [-0.3, -0.25) is 4.79 Å². The van der Waals surface area contributed by atoms with Crippen LogP contribution in [0.3, 0.4) is 0 Å². The highest BCUT2D eigenvalue weighted by molar-refractivity contribution is 5.66. The summed E-state index contributed by atoms with van der Waals surface area (Å²) < 4.78 is 5.14. The third-order valence-electron chi connectivity index (χ3n) is 1.89. The molecule has 0 aliphatic heterocycles. The molecule has 76 valence electrons. The van der Waals surface area contributed by atoms with Crippen molar-refractivity contribution in [3.05, 3.63) is 29.7 Å². The standard InChI is InChI=1S/C11H14O3/c1-9(4-2-6-11(12)13)8-10-5-3-7-14-10/h3,5,7-8H,2,4,6H2,1H3,(H,12,13)/b9-8+. The Morgan fingerprint density at radius 2 is 2.36 bits per heavy atom. The average molecular weight is 194 g/mol. The second-order valence-electron chi connectivity index (χ2n) is 3.25. The molecule has 0 saturated heterocycles. The lowest BCUT2D eigenvalue weighted by Gasteiger charge is -1.97. The molecule has 0 unspecified atom stereocenters. The number of aliphatic carboxylic acids is 1. The summed E-state index contributed by atoms with van der Waals surface area (Å²) in [5.74, 6) is 0.0774. The van der Waals surface area contributed by atoms with E-state index in [1.54, 1.807) is 6.26 Å². The van der Waals surface area contributed by atoms with Crippen molar-refractivity contribution < 1.29 is 14.3 Å². The van der Waals surface area contributed by atoms with Crippen LogP contribution >= 0.6 is 0 Å². The van der Waals surface area contributed by atoms with Gasteiger partial charge in [-0.2, -0.15) is 0 Å². The monoisotopic (exact) mass is 194 g/mol. The quantitative estimate of drug-likeness (QED) is 0.784. The zero-order valence-corrected chi connectivity index (χ0v) is 8.19. The van der Waals surface area contributed by atoms with Crippen LogP contribution in [0, 0.1) is 0 Å². The minimum absolute atomic E-state index is 0.226. The van der Waals surface area contributed by atoms with Crippen molar-refractivity contribution >= 4 is 12.0 Å². The third kappa shape index (κ3) is 3.94. The van der Waals surface area contributed by atoms with E-state index in [9.17, 15) is 4.79 Å². The van der Waals surface area contributed by atoms with E-state index in [0.29, 0.717) is 6.42 Å². The summed E-state index contributed by atoms with van der Waals surface area (Å²) in [7, 11) is 0. The zero-order valence-electron chi connectivity index (χ0n) is 8.19. The number of hydrogen-bond donors (Lipinski definition) is 1. The summed E-state index contributed by atoms with van der Waals surface area (Å²) in [4.78, 5) is 10.3. The molecule has 0 aliphatic carbocycles. The molecule has 1 rings (SSSR count). The fraction of sp³-hybridized carbons (Fsp3) is 0.364. The Bertz CT molecular complexity index is 309. The smallest absolute Gasteiger partial charge is 0.303 e. The predicted octanol–water partition coefficient (Wildman–Crippen LogP) is 2.94. The van der Waals surface area contributed by atoms with Crippen LogP contribution in [0.1, 0.15) is 31.9 Å². The van der Waals surface area contributed by atoms with Crippen LogP contribution in [0.15, 0.2) is 28.4 Å². The van der Waals surface area contributed by atoms with E-state index in [0.717, 1.165) is 17.8 Å². The SMILES string of the molecule is C/C(=C\c1ccco1)CCCC(=O)O. The molecule has 0 saturated carbocycles. The summed E-state index contributed by atoms with van der Waals surface area (Å²) in [5, 5.41) is 8.45. The van der Waals surface area contributed by atoms with E-state index >= 15 is 0 Å². The van der Waals surface area contributed by atoms with Crippen LogP contribution in [-0.4, -0.2) is 11.1 Å². The van der Waals surface area contributed by atoms with Gasteiger partial charge < -0.3 is 9.52 Å². The van der Waals surface area contributed by atoms with E-state index in [1.807, 2.05) is 25.1 Å². The number of hydrogen-bond acceptors (Lipinski definition) is 2. The number of allylic oxidation sites excluding steroid dienone is 1. The maximum Gasteiger partial charge on any atom is 0.303 e. The maximum absolute atomic E-state index is 10.3. The first-order chi connectivity index (χ1) is 6.68. The van der Waals surface area contributed by atoms with Crippen molar-refractivity contribution in [2.24, 2.45) is 0 Å². The van der Waals surface area contributed by atoms with Gasteiger partial charge in [0.05, 0.1) is 6.26 Å². The molecule has 1 N–H and O–H groups in total. The molecule has 0 aromatic carbocycles. The van der Waals surface area contributed by atoms with Gasteiger partial charge in [0, 0.05) is 6.42 Å². The van der Waals surface area contributed by atoms with Crippen molar-refractivity contribution in [1.29, 1.82) is 0 Å². The molecule has 14 heavy (non-hydrogen) atoms. The minimum Gasteiger partial charge on any atom is -0.481 e. The highest BCUT2D eigenvalue weighted by Crippen LogP contribution is 2.12. The molecular weight excluding hydrogens is 180 g/mol. The van der Waals surface area contributed by atoms with Crippen LogP contribution in [0.2, 0.25) is 0 Å². The Labute approximate surface area is 83.0 Å². The number of carboxylic acids is 1. The Morgan fingerprint density at radius 3 is 2.93 bits per heavy atom. The first kappa shape index (κ1) is 10.6. The second kappa shape index (κ2) is 5.27. The lowest BCUT2D eigenvalue weighted by molar-refractivity contribution is -0.137. The van der Waals surface area contributed by atoms with Crippen molar-refractivity contribution in [1.82, 2.24) is 0 Å². The molecule has 0 radical (unpaired) electrons. The summed E-state index contributed by atoms with van der Waals surface area (Å²) in [5.41, 5.74) is 1.14. The van der Waals surface area contributed by atoms with Crippen molar-refractivity contribution in [3.63, 3.8) is 0 Å². The Kier molecular flexibility index (Phi) is 3.98. The van der Waals surface area contributed by atoms with Crippen LogP contribution < -0.4 is 0 Å². The van der Waals surface area contributed by atoms with Crippen LogP contribution in [0.25, 0.3) is 6.08 Å². The number of carboxylic acid groups (broad SMARTS) is 1. The van der Waals surface area contributed by atoms with Crippen LogP contribution in [-0.2, 0) is 4.79 Å². The van der Waals surface area contributed by atoms with Gasteiger partial charge in [0.25, 0.3) is 0 Å². The zero-order chi connectivity index (χ0) is 10.4. The summed E-state index contributed by atoms with van der Waals surface area (Å²) >= 11 is 0. The van der Waals surface area contributed by atoms with E-state index in [1.165, 1.54) is 0 Å². The topological polar surface area (TPSA) is 50.4 Å². The summed E-state index contributed by atoms with van der Waals surface area (Å²) in [6, 6.07) is 3.71. The van der Waals surface area contributed by atoms with Gasteiger partial charge >= 0.3 is 5.97 Å². The van der Waals surface area contributed by atoms with Gasteiger partial charge in [-0.15, -0.1) is 0 Å². The van der Waals surface area contributed by atoms with E-state index in [2.05, 4.69) is 0 Å². The molecular formula is C11H14O3. The number of carbonyl (C=O) groups is 1. The number of rotatable bonds is 5. The largest absolute Gasteiger partial charge is 0.481 e. The molecule has 3 nitrogen and oxygen atoms in total. The van der Waals surface area contributed by atoms with E-state index < -0.39 is 5.97 Å². The minimum atomic E-state index is -0.740. The van der Waals surface area contributed by atoms with Crippen LogP contribution in [0.4, 0.5) is 0 Å². The highest BCUT2D eigenvalue weighted by Gasteiger charge is 1.98. The van der Waals surface area contributed by atoms with Gasteiger partial charge in [-0.25, -0.2) is 0 Å². The van der Waals surface area contributed by atoms with E-state index in [-0.39, 0.29) is 6.42 Å². The lowest BCUT2D eigenvalue weighted by Crippen LogP contribution is -1.93. The first-order valence-corrected chi connectivity index (χ1v) is 4.61. The molecule has 0 bridgehead atoms. The molecule has 0 spiro atoms. The van der Waals surface area contributed by atoms with Crippen molar-refractivity contribution in [3.8, 4) is 0 Å².